The molecule has 154 valence electrons. The van der Waals surface area contributed by atoms with Gasteiger partial charge in [0.1, 0.15) is 17.2 Å². The molecular weight excluding hydrogens is 380 g/mol. The zero-order valence-corrected chi connectivity index (χ0v) is 17.4. The van der Waals surface area contributed by atoms with Crippen LogP contribution in [0.25, 0.3) is 6.08 Å². The molecule has 6 nitrogen and oxygen atoms in total. The van der Waals surface area contributed by atoms with Gasteiger partial charge in [0, 0.05) is 17.3 Å². The van der Waals surface area contributed by atoms with Crippen molar-refractivity contribution in [2.45, 2.75) is 20.8 Å². The van der Waals surface area contributed by atoms with Crippen molar-refractivity contribution in [1.82, 2.24) is 5.32 Å². The number of carbonyl (C=O) groups is 2. The van der Waals surface area contributed by atoms with Gasteiger partial charge in [-0.3, -0.25) is 9.59 Å². The first-order valence-corrected chi connectivity index (χ1v) is 9.47. The van der Waals surface area contributed by atoms with Gasteiger partial charge in [0.05, 0.1) is 13.4 Å². The normalized spacial score (nSPS) is 11.1. The number of rotatable bonds is 6. The smallest absolute Gasteiger partial charge is 0.272 e. The first kappa shape index (κ1) is 20.9. The average molecular weight is 404 g/mol. The number of amides is 2. The first-order valence-electron chi connectivity index (χ1n) is 9.47. The summed E-state index contributed by atoms with van der Waals surface area (Å²) >= 11 is 0. The lowest BCUT2D eigenvalue weighted by Crippen LogP contribution is -2.31. The number of hydrogen-bond donors (Lipinski definition) is 2. The maximum absolute atomic E-state index is 13.0. The predicted octanol–water partition coefficient (Wildman–Crippen LogP) is 4.62. The molecule has 3 rings (SSSR count). The Balaban J connectivity index is 1.87. The fraction of sp³-hybridized carbons (Fsp3) is 0.167. The lowest BCUT2D eigenvalue weighted by atomic mass is 10.0. The van der Waals surface area contributed by atoms with Crippen molar-refractivity contribution >= 4 is 23.6 Å². The van der Waals surface area contributed by atoms with Crippen molar-refractivity contribution in [1.29, 1.82) is 0 Å². The monoisotopic (exact) mass is 404 g/mol. The molecule has 0 atom stereocenters. The quantitative estimate of drug-likeness (QED) is 0.588. The molecule has 0 aliphatic carbocycles. The van der Waals surface area contributed by atoms with E-state index in [-0.39, 0.29) is 5.70 Å². The molecule has 2 N–H and O–H groups in total. The molecule has 1 heterocycles. The van der Waals surface area contributed by atoms with Crippen LogP contribution in [0.5, 0.6) is 5.75 Å². The Bertz CT molecular complexity index is 1060. The van der Waals surface area contributed by atoms with Gasteiger partial charge in [-0.05, 0) is 68.3 Å². The number of furan rings is 1. The van der Waals surface area contributed by atoms with E-state index >= 15 is 0 Å². The lowest BCUT2D eigenvalue weighted by Gasteiger charge is -2.15. The second kappa shape index (κ2) is 9.13. The fourth-order valence-electron chi connectivity index (χ4n) is 3.17. The van der Waals surface area contributed by atoms with Crippen molar-refractivity contribution in [3.05, 3.63) is 88.5 Å². The molecule has 0 aliphatic rings. The van der Waals surface area contributed by atoms with Crippen molar-refractivity contribution in [2.75, 3.05) is 12.4 Å². The summed E-state index contributed by atoms with van der Waals surface area (Å²) in [6.07, 6.45) is 3.00. The van der Waals surface area contributed by atoms with Crippen LogP contribution < -0.4 is 15.4 Å². The molecule has 0 unspecified atom stereocenters. The van der Waals surface area contributed by atoms with Gasteiger partial charge < -0.3 is 19.8 Å². The highest BCUT2D eigenvalue weighted by Crippen LogP contribution is 2.23. The van der Waals surface area contributed by atoms with Crippen LogP contribution in [0.3, 0.4) is 0 Å². The molecule has 0 saturated carbocycles. The van der Waals surface area contributed by atoms with Crippen molar-refractivity contribution in [3.8, 4) is 5.75 Å². The van der Waals surface area contributed by atoms with Crippen LogP contribution in [0, 0.1) is 20.8 Å². The summed E-state index contributed by atoms with van der Waals surface area (Å²) in [6, 6.07) is 14.0. The van der Waals surface area contributed by atoms with Crippen LogP contribution in [0.4, 0.5) is 5.69 Å². The largest absolute Gasteiger partial charge is 0.497 e. The minimum atomic E-state index is -0.441. The second-order valence-electron chi connectivity index (χ2n) is 6.98. The molecule has 3 aromatic rings. The summed E-state index contributed by atoms with van der Waals surface area (Å²) in [5.74, 6) is 0.236. The molecule has 6 heteroatoms. The summed E-state index contributed by atoms with van der Waals surface area (Å²) in [6.45, 7) is 5.87. The molecule has 30 heavy (non-hydrogen) atoms. The van der Waals surface area contributed by atoms with E-state index in [4.69, 9.17) is 9.15 Å². The van der Waals surface area contributed by atoms with E-state index in [2.05, 4.69) is 10.6 Å². The molecule has 2 aromatic carbocycles. The van der Waals surface area contributed by atoms with Crippen molar-refractivity contribution < 1.29 is 18.7 Å². The predicted molar refractivity (Wildman–Crippen MR) is 116 cm³/mol. The molecule has 0 saturated heterocycles. The highest BCUT2D eigenvalue weighted by Gasteiger charge is 2.17. The first-order chi connectivity index (χ1) is 14.4. The standard InChI is InChI=1S/C24H24N2O4/c1-15-12-16(2)22(17(3)13-15)26-24(28)21(14-20-6-5-11-30-20)25-23(27)18-7-9-19(29-4)10-8-18/h5-14H,1-4H3,(H,25,27)(H,26,28)/b21-14-. The Morgan fingerprint density at radius 2 is 1.67 bits per heavy atom. The van der Waals surface area contributed by atoms with E-state index in [1.165, 1.54) is 12.3 Å². The Hall–Kier alpha value is -3.80. The zero-order valence-electron chi connectivity index (χ0n) is 17.4. The molecule has 0 fully saturated rings. The van der Waals surface area contributed by atoms with Gasteiger partial charge in [-0.2, -0.15) is 0 Å². The van der Waals surface area contributed by atoms with Gasteiger partial charge in [-0.15, -0.1) is 0 Å². The van der Waals surface area contributed by atoms with Gasteiger partial charge in [-0.1, -0.05) is 17.7 Å². The average Bonchev–Trinajstić information content (AvgIpc) is 3.23. The molecule has 0 radical (unpaired) electrons. The third kappa shape index (κ3) is 4.97. The second-order valence-corrected chi connectivity index (χ2v) is 6.98. The van der Waals surface area contributed by atoms with E-state index in [0.717, 1.165) is 22.4 Å². The minimum Gasteiger partial charge on any atom is -0.497 e. The topological polar surface area (TPSA) is 80.6 Å². The van der Waals surface area contributed by atoms with Crippen LogP contribution in [0.1, 0.15) is 32.8 Å². The number of hydrogen-bond acceptors (Lipinski definition) is 4. The summed E-state index contributed by atoms with van der Waals surface area (Å²) in [5, 5.41) is 5.60. The fourth-order valence-corrected chi connectivity index (χ4v) is 3.17. The van der Waals surface area contributed by atoms with Crippen LogP contribution in [-0.2, 0) is 4.79 Å². The number of benzene rings is 2. The highest BCUT2D eigenvalue weighted by molar-refractivity contribution is 6.11. The maximum Gasteiger partial charge on any atom is 0.272 e. The van der Waals surface area contributed by atoms with Crippen LogP contribution in [0.2, 0.25) is 0 Å². The van der Waals surface area contributed by atoms with Crippen LogP contribution in [-0.4, -0.2) is 18.9 Å². The Labute approximate surface area is 175 Å². The van der Waals surface area contributed by atoms with Gasteiger partial charge in [0.2, 0.25) is 0 Å². The molecular formula is C24H24N2O4. The van der Waals surface area contributed by atoms with Crippen molar-refractivity contribution in [2.24, 2.45) is 0 Å². The maximum atomic E-state index is 13.0. The molecule has 0 spiro atoms. The van der Waals surface area contributed by atoms with E-state index in [9.17, 15) is 9.59 Å². The van der Waals surface area contributed by atoms with Crippen LogP contribution >= 0.6 is 0 Å². The molecule has 0 aliphatic heterocycles. The van der Waals surface area contributed by atoms with E-state index in [1.54, 1.807) is 43.5 Å². The number of nitrogens with one attached hydrogen (secondary N) is 2. The Morgan fingerprint density at radius 1 is 1.00 bits per heavy atom. The molecule has 1 aromatic heterocycles. The highest BCUT2D eigenvalue weighted by atomic mass is 16.5. The van der Waals surface area contributed by atoms with Crippen molar-refractivity contribution in [3.63, 3.8) is 0 Å². The number of methoxy groups -OCH3 is 1. The van der Waals surface area contributed by atoms with Crippen LogP contribution in [0.15, 0.2) is 64.9 Å². The third-order valence-electron chi connectivity index (χ3n) is 4.59. The molecule has 0 bridgehead atoms. The Morgan fingerprint density at radius 3 is 2.23 bits per heavy atom. The summed E-state index contributed by atoms with van der Waals surface area (Å²) in [5.41, 5.74) is 4.19. The number of aryl methyl sites for hydroxylation is 3. The number of ether oxygens (including phenoxy) is 1. The van der Waals surface area contributed by atoms with E-state index in [0.29, 0.717) is 17.1 Å². The number of carbonyl (C=O) groups excluding carboxylic acids is 2. The zero-order chi connectivity index (χ0) is 21.7. The van der Waals surface area contributed by atoms with Gasteiger partial charge in [0.25, 0.3) is 11.8 Å². The Kier molecular flexibility index (Phi) is 6.37. The summed E-state index contributed by atoms with van der Waals surface area (Å²) in [4.78, 5) is 25.8. The lowest BCUT2D eigenvalue weighted by molar-refractivity contribution is -0.113. The summed E-state index contributed by atoms with van der Waals surface area (Å²) in [7, 11) is 1.55. The minimum absolute atomic E-state index is 0.0742. The van der Waals surface area contributed by atoms with Gasteiger partial charge >= 0.3 is 0 Å². The van der Waals surface area contributed by atoms with E-state index < -0.39 is 11.8 Å². The molecule has 2 amide bonds. The van der Waals surface area contributed by atoms with Gasteiger partial charge in [0.15, 0.2) is 0 Å². The summed E-state index contributed by atoms with van der Waals surface area (Å²) < 4.78 is 10.4. The number of anilines is 1. The SMILES string of the molecule is COc1ccc(C(=O)N/C(=C\c2ccco2)C(=O)Nc2c(C)cc(C)cc2C)cc1. The third-order valence-corrected chi connectivity index (χ3v) is 4.59. The van der Waals surface area contributed by atoms with Gasteiger partial charge in [-0.25, -0.2) is 0 Å². The van der Waals surface area contributed by atoms with E-state index in [1.807, 2.05) is 32.9 Å².